The first kappa shape index (κ1) is 19.4. The Morgan fingerprint density at radius 2 is 1.85 bits per heavy atom. The van der Waals surface area contributed by atoms with E-state index in [2.05, 4.69) is 5.32 Å². The lowest BCUT2D eigenvalue weighted by molar-refractivity contribution is -0.385. The van der Waals surface area contributed by atoms with Crippen LogP contribution in [-0.2, 0) is 9.53 Å². The zero-order chi connectivity index (χ0) is 19.1. The molecular weight excluding hydrogens is 360 g/mol. The van der Waals surface area contributed by atoms with Crippen molar-refractivity contribution in [2.24, 2.45) is 0 Å². The molecule has 8 heteroatoms. The highest BCUT2D eigenvalue weighted by Crippen LogP contribution is 2.27. The molecule has 0 radical (unpaired) electrons. The smallest absolute Gasteiger partial charge is 0.308 e. The van der Waals surface area contributed by atoms with Crippen molar-refractivity contribution < 1.29 is 19.2 Å². The molecule has 0 saturated carbocycles. The molecule has 1 N–H and O–H groups in total. The SMILES string of the molecule is CCOC(=O)CC(NC(=O)c1ccccc1[N+](=O)[O-])c1ccccc1Cl. The maximum absolute atomic E-state index is 12.6. The number of para-hydroxylation sites is 1. The number of nitro benzene ring substituents is 1. The molecule has 2 rings (SSSR count). The van der Waals surface area contributed by atoms with Gasteiger partial charge in [0.2, 0.25) is 0 Å². The normalized spacial score (nSPS) is 11.5. The number of hydrogen-bond donors (Lipinski definition) is 1. The molecule has 1 atom stereocenters. The number of carbonyl (C=O) groups excluding carboxylic acids is 2. The Morgan fingerprint density at radius 3 is 2.50 bits per heavy atom. The molecule has 7 nitrogen and oxygen atoms in total. The number of nitro groups is 1. The Kier molecular flexibility index (Phi) is 6.68. The number of nitrogens with one attached hydrogen (secondary N) is 1. The van der Waals surface area contributed by atoms with Crippen LogP contribution < -0.4 is 5.32 Å². The summed E-state index contributed by atoms with van der Waals surface area (Å²) < 4.78 is 4.94. The molecule has 136 valence electrons. The van der Waals surface area contributed by atoms with Crippen LogP contribution in [0.2, 0.25) is 5.02 Å². The summed E-state index contributed by atoms with van der Waals surface area (Å²) in [5.74, 6) is -1.19. The third-order valence-electron chi connectivity index (χ3n) is 3.61. The third-order valence-corrected chi connectivity index (χ3v) is 3.95. The average molecular weight is 377 g/mol. The van der Waals surface area contributed by atoms with E-state index in [1.54, 1.807) is 31.2 Å². The summed E-state index contributed by atoms with van der Waals surface area (Å²) >= 11 is 6.18. The summed E-state index contributed by atoms with van der Waals surface area (Å²) in [6, 6.07) is 11.5. The fourth-order valence-electron chi connectivity index (χ4n) is 2.44. The largest absolute Gasteiger partial charge is 0.466 e. The number of halogens is 1. The maximum atomic E-state index is 12.6. The Labute approximate surface area is 155 Å². The van der Waals surface area contributed by atoms with Crippen LogP contribution in [0, 0.1) is 10.1 Å². The molecule has 2 aromatic carbocycles. The van der Waals surface area contributed by atoms with Gasteiger partial charge in [-0.2, -0.15) is 0 Å². The highest BCUT2D eigenvalue weighted by atomic mass is 35.5. The van der Waals surface area contributed by atoms with E-state index in [1.165, 1.54) is 24.3 Å². The minimum Gasteiger partial charge on any atom is -0.466 e. The molecule has 0 aromatic heterocycles. The summed E-state index contributed by atoms with van der Waals surface area (Å²) in [6.45, 7) is 1.88. The van der Waals surface area contributed by atoms with Crippen LogP contribution in [0.15, 0.2) is 48.5 Å². The predicted octanol–water partition coefficient (Wildman–Crippen LogP) is 3.67. The van der Waals surface area contributed by atoms with E-state index < -0.39 is 22.8 Å². The third kappa shape index (κ3) is 4.80. The summed E-state index contributed by atoms with van der Waals surface area (Å²) in [5, 5.41) is 14.1. The second kappa shape index (κ2) is 8.96. The quantitative estimate of drug-likeness (QED) is 0.451. The molecule has 0 spiro atoms. The van der Waals surface area contributed by atoms with E-state index in [-0.39, 0.29) is 24.3 Å². The number of ether oxygens (including phenoxy) is 1. The fraction of sp³-hybridized carbons (Fsp3) is 0.222. The van der Waals surface area contributed by atoms with Gasteiger partial charge in [0.25, 0.3) is 11.6 Å². The molecule has 0 bridgehead atoms. The monoisotopic (exact) mass is 376 g/mol. The summed E-state index contributed by atoms with van der Waals surface area (Å²) in [4.78, 5) is 35.0. The van der Waals surface area contributed by atoms with Crippen LogP contribution in [0.4, 0.5) is 5.69 Å². The topological polar surface area (TPSA) is 98.5 Å². The number of esters is 1. The number of carbonyl (C=O) groups is 2. The lowest BCUT2D eigenvalue weighted by Crippen LogP contribution is -2.31. The first-order valence-electron chi connectivity index (χ1n) is 7.88. The number of amides is 1. The lowest BCUT2D eigenvalue weighted by Gasteiger charge is -2.19. The molecule has 2 aromatic rings. The second-order valence-electron chi connectivity index (χ2n) is 5.33. The lowest BCUT2D eigenvalue weighted by atomic mass is 10.0. The molecule has 0 aliphatic heterocycles. The van der Waals surface area contributed by atoms with Crippen molar-refractivity contribution >= 4 is 29.2 Å². The van der Waals surface area contributed by atoms with Crippen molar-refractivity contribution in [1.82, 2.24) is 5.32 Å². The Morgan fingerprint density at radius 1 is 1.19 bits per heavy atom. The Balaban J connectivity index is 2.32. The van der Waals surface area contributed by atoms with E-state index in [4.69, 9.17) is 16.3 Å². The second-order valence-corrected chi connectivity index (χ2v) is 5.74. The van der Waals surface area contributed by atoms with Gasteiger partial charge in [-0.3, -0.25) is 19.7 Å². The number of hydrogen-bond acceptors (Lipinski definition) is 5. The van der Waals surface area contributed by atoms with Gasteiger partial charge in [0.15, 0.2) is 0 Å². The molecule has 26 heavy (non-hydrogen) atoms. The van der Waals surface area contributed by atoms with E-state index in [9.17, 15) is 19.7 Å². The van der Waals surface area contributed by atoms with Gasteiger partial charge in [0.1, 0.15) is 5.56 Å². The van der Waals surface area contributed by atoms with Crippen LogP contribution in [0.5, 0.6) is 0 Å². The van der Waals surface area contributed by atoms with Gasteiger partial charge in [-0.15, -0.1) is 0 Å². The van der Waals surface area contributed by atoms with E-state index >= 15 is 0 Å². The number of benzene rings is 2. The van der Waals surface area contributed by atoms with E-state index in [1.807, 2.05) is 0 Å². The van der Waals surface area contributed by atoms with Crippen molar-refractivity contribution in [3.63, 3.8) is 0 Å². The molecule has 0 aliphatic rings. The molecule has 1 unspecified atom stereocenters. The Hall–Kier alpha value is -2.93. The molecule has 0 fully saturated rings. The summed E-state index contributed by atoms with van der Waals surface area (Å²) in [6.07, 6.45) is -0.149. The van der Waals surface area contributed by atoms with Crippen molar-refractivity contribution in [2.45, 2.75) is 19.4 Å². The standard InChI is InChI=1S/C18H17ClN2O5/c1-2-26-17(22)11-15(12-7-3-5-9-14(12)19)20-18(23)13-8-4-6-10-16(13)21(24)25/h3-10,15H,2,11H2,1H3,(H,20,23). The van der Waals surface area contributed by atoms with Crippen molar-refractivity contribution in [3.05, 3.63) is 74.8 Å². The van der Waals surface area contributed by atoms with Crippen LogP contribution in [0.3, 0.4) is 0 Å². The van der Waals surface area contributed by atoms with Gasteiger partial charge in [-0.25, -0.2) is 0 Å². The molecule has 0 aliphatic carbocycles. The van der Waals surface area contributed by atoms with Gasteiger partial charge >= 0.3 is 5.97 Å². The van der Waals surface area contributed by atoms with E-state index in [0.29, 0.717) is 10.6 Å². The van der Waals surface area contributed by atoms with Gasteiger partial charge in [-0.05, 0) is 24.6 Å². The zero-order valence-electron chi connectivity index (χ0n) is 14.0. The van der Waals surface area contributed by atoms with Crippen LogP contribution in [0.25, 0.3) is 0 Å². The highest BCUT2D eigenvalue weighted by molar-refractivity contribution is 6.31. The van der Waals surface area contributed by atoms with Gasteiger partial charge in [0.05, 0.1) is 24.0 Å². The molecule has 0 saturated heterocycles. The van der Waals surface area contributed by atoms with E-state index in [0.717, 1.165) is 0 Å². The number of rotatable bonds is 7. The Bertz CT molecular complexity index is 825. The number of nitrogens with zero attached hydrogens (tertiary/aromatic N) is 1. The zero-order valence-corrected chi connectivity index (χ0v) is 14.7. The van der Waals surface area contributed by atoms with Crippen LogP contribution >= 0.6 is 11.6 Å². The summed E-state index contributed by atoms with van der Waals surface area (Å²) in [5.41, 5.74) is 0.103. The summed E-state index contributed by atoms with van der Waals surface area (Å²) in [7, 11) is 0. The first-order chi connectivity index (χ1) is 12.4. The van der Waals surface area contributed by atoms with Crippen LogP contribution in [0.1, 0.15) is 35.3 Å². The minimum absolute atomic E-state index is 0.0987. The predicted molar refractivity (Wildman–Crippen MR) is 96.0 cm³/mol. The molecule has 1 amide bonds. The highest BCUT2D eigenvalue weighted by Gasteiger charge is 2.25. The molecule has 0 heterocycles. The fourth-order valence-corrected chi connectivity index (χ4v) is 2.71. The first-order valence-corrected chi connectivity index (χ1v) is 8.26. The van der Waals surface area contributed by atoms with Crippen LogP contribution in [-0.4, -0.2) is 23.4 Å². The van der Waals surface area contributed by atoms with Gasteiger partial charge in [0, 0.05) is 11.1 Å². The van der Waals surface area contributed by atoms with Crippen molar-refractivity contribution in [2.75, 3.05) is 6.61 Å². The van der Waals surface area contributed by atoms with Gasteiger partial charge < -0.3 is 10.1 Å². The average Bonchev–Trinajstić information content (AvgIpc) is 2.61. The maximum Gasteiger partial charge on any atom is 0.308 e. The van der Waals surface area contributed by atoms with Crippen molar-refractivity contribution in [1.29, 1.82) is 0 Å². The van der Waals surface area contributed by atoms with Gasteiger partial charge in [-0.1, -0.05) is 41.9 Å². The van der Waals surface area contributed by atoms with Crippen molar-refractivity contribution in [3.8, 4) is 0 Å². The molecular formula is C18H17ClN2O5. The minimum atomic E-state index is -0.782.